The molecular formula is C17H26BNO2S. The number of allylic oxidation sites excluding steroid dienone is 1. The fraction of sp³-hybridized carbons (Fsp3) is 0.588. The maximum absolute atomic E-state index is 12.1. The van der Waals surface area contributed by atoms with Gasteiger partial charge in [0.1, 0.15) is 5.60 Å². The van der Waals surface area contributed by atoms with E-state index in [-0.39, 0.29) is 6.09 Å². The molecule has 0 radical (unpaired) electrons. The molecule has 0 spiro atoms. The zero-order chi connectivity index (χ0) is 16.3. The molecule has 1 aliphatic rings. The summed E-state index contributed by atoms with van der Waals surface area (Å²) in [7, 11) is 1.05. The average Bonchev–Trinajstić information content (AvgIpc) is 2.93. The fourth-order valence-corrected chi connectivity index (χ4v) is 3.87. The SMILES string of the molecule is C=C(c1sccc1BC)C1CCN(C(=O)OC(C)(C)C)CC1. The highest BCUT2D eigenvalue weighted by Crippen LogP contribution is 2.32. The average molecular weight is 319 g/mol. The van der Waals surface area contributed by atoms with Crippen LogP contribution in [0.3, 0.4) is 0 Å². The third kappa shape index (κ3) is 4.16. The minimum absolute atomic E-state index is 0.193. The van der Waals surface area contributed by atoms with Crippen LogP contribution in [-0.2, 0) is 4.74 Å². The van der Waals surface area contributed by atoms with Crippen LogP contribution in [-0.4, -0.2) is 37.0 Å². The van der Waals surface area contributed by atoms with E-state index in [1.165, 1.54) is 15.9 Å². The van der Waals surface area contributed by atoms with Gasteiger partial charge in [-0.15, -0.1) is 11.3 Å². The van der Waals surface area contributed by atoms with Gasteiger partial charge in [0, 0.05) is 18.0 Å². The summed E-state index contributed by atoms with van der Waals surface area (Å²) >= 11 is 1.79. The Morgan fingerprint density at radius 3 is 2.59 bits per heavy atom. The second-order valence-corrected chi connectivity index (χ2v) is 7.81. The molecule has 2 rings (SSSR count). The first-order valence-electron chi connectivity index (χ1n) is 8.05. The summed E-state index contributed by atoms with van der Waals surface area (Å²) in [6, 6.07) is 2.20. The molecule has 120 valence electrons. The van der Waals surface area contributed by atoms with Crippen LogP contribution in [0.5, 0.6) is 0 Å². The highest BCUT2D eigenvalue weighted by molar-refractivity contribution is 7.12. The van der Waals surface area contributed by atoms with Gasteiger partial charge in [0.15, 0.2) is 7.28 Å². The van der Waals surface area contributed by atoms with Crippen molar-refractivity contribution in [2.45, 2.75) is 46.0 Å². The summed E-state index contributed by atoms with van der Waals surface area (Å²) in [6.07, 6.45) is 1.75. The number of ether oxygens (including phenoxy) is 1. The molecule has 1 aromatic heterocycles. The van der Waals surface area contributed by atoms with Crippen LogP contribution in [0.25, 0.3) is 5.57 Å². The largest absolute Gasteiger partial charge is 0.444 e. The molecule has 0 aliphatic carbocycles. The van der Waals surface area contributed by atoms with E-state index in [9.17, 15) is 4.79 Å². The van der Waals surface area contributed by atoms with Gasteiger partial charge >= 0.3 is 6.09 Å². The van der Waals surface area contributed by atoms with Gasteiger partial charge in [-0.05, 0) is 50.5 Å². The predicted molar refractivity (Wildman–Crippen MR) is 96.5 cm³/mol. The topological polar surface area (TPSA) is 29.5 Å². The van der Waals surface area contributed by atoms with Crippen molar-refractivity contribution in [3.8, 4) is 0 Å². The summed E-state index contributed by atoms with van der Waals surface area (Å²) in [4.78, 5) is 15.3. The van der Waals surface area contributed by atoms with Gasteiger partial charge in [-0.2, -0.15) is 0 Å². The van der Waals surface area contributed by atoms with Gasteiger partial charge in [0.2, 0.25) is 0 Å². The van der Waals surface area contributed by atoms with Crippen molar-refractivity contribution in [3.63, 3.8) is 0 Å². The Balaban J connectivity index is 1.92. The second kappa shape index (κ2) is 6.90. The molecule has 3 nitrogen and oxygen atoms in total. The van der Waals surface area contributed by atoms with Gasteiger partial charge in [-0.1, -0.05) is 24.9 Å². The van der Waals surface area contributed by atoms with E-state index >= 15 is 0 Å². The molecule has 2 heterocycles. The summed E-state index contributed by atoms with van der Waals surface area (Å²) in [5.74, 6) is 0.475. The number of piperidine rings is 1. The zero-order valence-electron chi connectivity index (χ0n) is 14.1. The first kappa shape index (κ1) is 17.1. The molecule has 5 heteroatoms. The molecule has 1 aliphatic heterocycles. The summed E-state index contributed by atoms with van der Waals surface area (Å²) in [5.41, 5.74) is 2.21. The zero-order valence-corrected chi connectivity index (χ0v) is 15.0. The number of carbonyl (C=O) groups is 1. The molecule has 0 atom stereocenters. The Morgan fingerprint density at radius 1 is 1.41 bits per heavy atom. The first-order chi connectivity index (χ1) is 10.3. The lowest BCUT2D eigenvalue weighted by Gasteiger charge is -2.34. The highest BCUT2D eigenvalue weighted by Gasteiger charge is 2.28. The number of rotatable bonds is 3. The van der Waals surface area contributed by atoms with Crippen LogP contribution in [0.1, 0.15) is 38.5 Å². The third-order valence-electron chi connectivity index (χ3n) is 4.06. The van der Waals surface area contributed by atoms with Crippen molar-refractivity contribution >= 4 is 35.7 Å². The van der Waals surface area contributed by atoms with Crippen molar-refractivity contribution < 1.29 is 9.53 Å². The molecule has 0 unspecified atom stereocenters. The van der Waals surface area contributed by atoms with Gasteiger partial charge in [0.05, 0.1) is 0 Å². The Labute approximate surface area is 138 Å². The van der Waals surface area contributed by atoms with E-state index in [1.807, 2.05) is 25.7 Å². The lowest BCUT2D eigenvalue weighted by Crippen LogP contribution is -2.41. The Bertz CT molecular complexity index is 539. The molecule has 1 aromatic rings. The first-order valence-corrected chi connectivity index (χ1v) is 8.93. The number of hydrogen-bond donors (Lipinski definition) is 0. The predicted octanol–water partition coefficient (Wildman–Crippen LogP) is 3.52. The van der Waals surface area contributed by atoms with E-state index in [1.54, 1.807) is 11.3 Å². The van der Waals surface area contributed by atoms with Gasteiger partial charge in [-0.25, -0.2) is 4.79 Å². The van der Waals surface area contributed by atoms with Crippen molar-refractivity contribution in [3.05, 3.63) is 22.9 Å². The van der Waals surface area contributed by atoms with Crippen LogP contribution in [0, 0.1) is 5.92 Å². The van der Waals surface area contributed by atoms with E-state index < -0.39 is 5.60 Å². The molecule has 22 heavy (non-hydrogen) atoms. The lowest BCUT2D eigenvalue weighted by molar-refractivity contribution is 0.0200. The Kier molecular flexibility index (Phi) is 5.38. The van der Waals surface area contributed by atoms with Crippen molar-refractivity contribution in [2.75, 3.05) is 13.1 Å². The maximum Gasteiger partial charge on any atom is 0.410 e. The van der Waals surface area contributed by atoms with Crippen molar-refractivity contribution in [1.29, 1.82) is 0 Å². The molecule has 0 bridgehead atoms. The van der Waals surface area contributed by atoms with Crippen LogP contribution in [0.2, 0.25) is 6.82 Å². The van der Waals surface area contributed by atoms with Crippen molar-refractivity contribution in [2.24, 2.45) is 5.92 Å². The standard InChI is InChI=1S/C17H26BNO2S/c1-12(15-14(18-5)8-11-22-15)13-6-9-19(10-7-13)16(20)21-17(2,3)4/h8,11,13,18H,1,6-7,9-10H2,2-5H3. The number of thiophene rings is 1. The van der Waals surface area contributed by atoms with Crippen LogP contribution in [0.4, 0.5) is 4.79 Å². The fourth-order valence-electron chi connectivity index (χ4n) is 2.82. The van der Waals surface area contributed by atoms with E-state index in [4.69, 9.17) is 4.74 Å². The summed E-state index contributed by atoms with van der Waals surface area (Å²) in [6.45, 7) is 13.7. The van der Waals surface area contributed by atoms with Gasteiger partial charge < -0.3 is 9.64 Å². The Morgan fingerprint density at radius 2 is 2.05 bits per heavy atom. The number of likely N-dealkylation sites (tertiary alicyclic amines) is 1. The molecule has 1 saturated heterocycles. The second-order valence-electron chi connectivity index (χ2n) is 6.90. The van der Waals surface area contributed by atoms with Crippen LogP contribution >= 0.6 is 11.3 Å². The highest BCUT2D eigenvalue weighted by atomic mass is 32.1. The maximum atomic E-state index is 12.1. The number of nitrogens with zero attached hydrogens (tertiary/aromatic N) is 1. The lowest BCUT2D eigenvalue weighted by atomic mass is 9.71. The number of amides is 1. The van der Waals surface area contributed by atoms with E-state index in [2.05, 4.69) is 24.8 Å². The molecule has 1 amide bonds. The number of carbonyl (C=O) groups excluding carboxylic acids is 1. The normalized spacial score (nSPS) is 16.5. The minimum Gasteiger partial charge on any atom is -0.444 e. The molecule has 0 aromatic carbocycles. The monoisotopic (exact) mass is 319 g/mol. The van der Waals surface area contributed by atoms with Crippen LogP contribution in [0.15, 0.2) is 18.0 Å². The Hall–Kier alpha value is -1.23. The van der Waals surface area contributed by atoms with E-state index in [0.29, 0.717) is 5.92 Å². The van der Waals surface area contributed by atoms with Crippen LogP contribution < -0.4 is 5.46 Å². The van der Waals surface area contributed by atoms with Gasteiger partial charge in [-0.3, -0.25) is 0 Å². The van der Waals surface area contributed by atoms with Crippen molar-refractivity contribution in [1.82, 2.24) is 4.90 Å². The molecular weight excluding hydrogens is 293 g/mol. The molecule has 0 saturated carbocycles. The molecule has 0 N–H and O–H groups in total. The summed E-state index contributed by atoms with van der Waals surface area (Å²) < 4.78 is 5.45. The molecule has 1 fully saturated rings. The quantitative estimate of drug-likeness (QED) is 0.798. The smallest absolute Gasteiger partial charge is 0.410 e. The summed E-state index contributed by atoms with van der Waals surface area (Å²) in [5, 5.41) is 2.15. The van der Waals surface area contributed by atoms with E-state index in [0.717, 1.165) is 33.2 Å². The minimum atomic E-state index is -0.426. The third-order valence-corrected chi connectivity index (χ3v) is 5.09. The van der Waals surface area contributed by atoms with Gasteiger partial charge in [0.25, 0.3) is 0 Å². The number of hydrogen-bond acceptors (Lipinski definition) is 3.